The van der Waals surface area contributed by atoms with Gasteiger partial charge in [0.25, 0.3) is 0 Å². The summed E-state index contributed by atoms with van der Waals surface area (Å²) in [6, 6.07) is 10.1. The Morgan fingerprint density at radius 3 is 2.45 bits per heavy atom. The first-order valence-electron chi connectivity index (χ1n) is 7.34. The van der Waals surface area contributed by atoms with Crippen LogP contribution in [-0.2, 0) is 24.1 Å². The molecule has 1 aromatic carbocycles. The minimum atomic E-state index is -0.307. The van der Waals surface area contributed by atoms with Gasteiger partial charge in [0.2, 0.25) is 0 Å². The Kier molecular flexibility index (Phi) is 5.67. The molecule has 0 saturated carbocycles. The van der Waals surface area contributed by atoms with E-state index in [0.717, 1.165) is 24.9 Å². The smallest absolute Gasteiger partial charge is 0.338 e. The van der Waals surface area contributed by atoms with Crippen molar-refractivity contribution in [1.82, 2.24) is 9.88 Å². The number of aryl methyl sites for hydroxylation is 2. The number of benzene rings is 1. The van der Waals surface area contributed by atoms with Crippen LogP contribution in [0.5, 0.6) is 0 Å². The van der Waals surface area contributed by atoms with E-state index in [1.807, 2.05) is 0 Å². The number of hydrogen-bond donors (Lipinski definition) is 0. The van der Waals surface area contributed by atoms with E-state index >= 15 is 0 Å². The molecule has 4 nitrogen and oxygen atoms in total. The van der Waals surface area contributed by atoms with Gasteiger partial charge in [-0.25, -0.2) is 4.79 Å². The Morgan fingerprint density at radius 1 is 1.09 bits per heavy atom. The van der Waals surface area contributed by atoms with Gasteiger partial charge in [0.15, 0.2) is 0 Å². The van der Waals surface area contributed by atoms with E-state index in [1.165, 1.54) is 18.2 Å². The molecule has 0 N–H and O–H groups in total. The Balaban J connectivity index is 2.16. The molecule has 0 unspecified atom stereocenters. The largest absolute Gasteiger partial charge is 0.465 e. The second-order valence-corrected chi connectivity index (χ2v) is 5.53. The van der Waals surface area contributed by atoms with Crippen molar-refractivity contribution < 1.29 is 9.53 Å². The maximum absolute atomic E-state index is 11.8. The third-order valence-electron chi connectivity index (χ3n) is 3.58. The topological polar surface area (TPSA) is 42.4 Å². The quantitative estimate of drug-likeness (QED) is 0.769. The highest BCUT2D eigenvalue weighted by Gasteiger charge is 2.12. The second kappa shape index (κ2) is 7.71. The van der Waals surface area contributed by atoms with E-state index in [-0.39, 0.29) is 5.97 Å². The molecule has 0 atom stereocenters. The monoisotopic (exact) mass is 298 g/mol. The van der Waals surface area contributed by atoms with E-state index in [2.05, 4.69) is 48.2 Å². The van der Waals surface area contributed by atoms with E-state index in [9.17, 15) is 4.79 Å². The summed E-state index contributed by atoms with van der Waals surface area (Å²) in [6.45, 7) is 0.910. The number of esters is 1. The molecule has 0 saturated heterocycles. The van der Waals surface area contributed by atoms with Crippen LogP contribution in [0.4, 0.5) is 0 Å². The lowest BCUT2D eigenvalue weighted by atomic mass is 9.98. The summed E-state index contributed by atoms with van der Waals surface area (Å²) in [6.07, 6.45) is 5.01. The van der Waals surface area contributed by atoms with Crippen LogP contribution in [0.3, 0.4) is 0 Å². The van der Waals surface area contributed by atoms with Crippen molar-refractivity contribution in [3.8, 4) is 0 Å². The fourth-order valence-corrected chi connectivity index (χ4v) is 2.50. The lowest BCUT2D eigenvalue weighted by Gasteiger charge is -2.14. The minimum absolute atomic E-state index is 0.307. The summed E-state index contributed by atoms with van der Waals surface area (Å²) < 4.78 is 4.83. The molecule has 0 aliphatic heterocycles. The third-order valence-corrected chi connectivity index (χ3v) is 3.58. The highest BCUT2D eigenvalue weighted by Crippen LogP contribution is 2.16. The van der Waals surface area contributed by atoms with E-state index in [4.69, 9.17) is 4.74 Å². The number of carbonyl (C=O) groups is 1. The van der Waals surface area contributed by atoms with Crippen molar-refractivity contribution in [2.75, 3.05) is 21.2 Å². The lowest BCUT2D eigenvalue weighted by molar-refractivity contribution is 0.0599. The summed E-state index contributed by atoms with van der Waals surface area (Å²) in [7, 11) is 5.53. The molecule has 0 bridgehead atoms. The van der Waals surface area contributed by atoms with Crippen LogP contribution in [0.25, 0.3) is 0 Å². The molecule has 0 fully saturated rings. The number of aromatic nitrogens is 1. The number of ether oxygens (including phenoxy) is 1. The van der Waals surface area contributed by atoms with Gasteiger partial charge in [-0.15, -0.1) is 0 Å². The fourth-order valence-electron chi connectivity index (χ4n) is 2.50. The Labute approximate surface area is 131 Å². The van der Waals surface area contributed by atoms with Crippen LogP contribution in [0.2, 0.25) is 0 Å². The lowest BCUT2D eigenvalue weighted by Crippen LogP contribution is -2.13. The van der Waals surface area contributed by atoms with Gasteiger partial charge in [-0.2, -0.15) is 0 Å². The number of pyridine rings is 1. The van der Waals surface area contributed by atoms with Gasteiger partial charge >= 0.3 is 5.97 Å². The van der Waals surface area contributed by atoms with Crippen LogP contribution in [0.1, 0.15) is 27.0 Å². The van der Waals surface area contributed by atoms with Gasteiger partial charge in [-0.1, -0.05) is 24.3 Å². The van der Waals surface area contributed by atoms with Crippen molar-refractivity contribution in [3.63, 3.8) is 0 Å². The molecule has 2 rings (SSSR count). The van der Waals surface area contributed by atoms with Crippen LogP contribution in [0, 0.1) is 0 Å². The first-order valence-corrected chi connectivity index (χ1v) is 7.34. The molecule has 1 heterocycles. The van der Waals surface area contributed by atoms with Crippen molar-refractivity contribution in [2.24, 2.45) is 0 Å². The number of nitrogens with zero attached hydrogens (tertiary/aromatic N) is 2. The van der Waals surface area contributed by atoms with Crippen molar-refractivity contribution in [2.45, 2.75) is 19.4 Å². The Bertz CT molecular complexity index is 638. The second-order valence-electron chi connectivity index (χ2n) is 5.53. The normalized spacial score (nSPS) is 10.7. The molecule has 4 heteroatoms. The molecule has 0 spiro atoms. The van der Waals surface area contributed by atoms with Crippen LogP contribution in [0.15, 0.2) is 42.7 Å². The highest BCUT2D eigenvalue weighted by atomic mass is 16.5. The van der Waals surface area contributed by atoms with Crippen molar-refractivity contribution in [1.29, 1.82) is 0 Å². The molecule has 116 valence electrons. The molecular weight excluding hydrogens is 276 g/mol. The van der Waals surface area contributed by atoms with Crippen LogP contribution >= 0.6 is 0 Å². The number of hydrogen-bond acceptors (Lipinski definition) is 4. The standard InChI is InChI=1S/C18H22N2O2/c1-20(2)13-16-7-5-4-6-14(16)8-9-15-12-19-11-10-17(15)18(21)22-3/h4-7,10-12H,8-9,13H2,1-3H3. The molecule has 0 amide bonds. The summed E-state index contributed by atoms with van der Waals surface area (Å²) in [5.74, 6) is -0.307. The summed E-state index contributed by atoms with van der Waals surface area (Å²) in [5.41, 5.74) is 4.14. The number of carbonyl (C=O) groups excluding carboxylic acids is 1. The zero-order valence-corrected chi connectivity index (χ0v) is 13.4. The molecule has 0 aliphatic carbocycles. The van der Waals surface area contributed by atoms with Gasteiger partial charge in [0, 0.05) is 18.9 Å². The van der Waals surface area contributed by atoms with Gasteiger partial charge in [0.1, 0.15) is 0 Å². The molecule has 0 radical (unpaired) electrons. The van der Waals surface area contributed by atoms with Gasteiger partial charge in [-0.3, -0.25) is 4.98 Å². The predicted octanol–water partition coefficient (Wildman–Crippen LogP) is 2.72. The zero-order chi connectivity index (χ0) is 15.9. The molecular formula is C18H22N2O2. The third kappa shape index (κ3) is 4.15. The van der Waals surface area contributed by atoms with Crippen LogP contribution in [-0.4, -0.2) is 37.1 Å². The van der Waals surface area contributed by atoms with E-state index < -0.39 is 0 Å². The van der Waals surface area contributed by atoms with Crippen molar-refractivity contribution in [3.05, 3.63) is 65.0 Å². The van der Waals surface area contributed by atoms with Gasteiger partial charge < -0.3 is 9.64 Å². The number of rotatable bonds is 6. The summed E-state index contributed by atoms with van der Waals surface area (Å²) >= 11 is 0. The Hall–Kier alpha value is -2.20. The molecule has 0 aliphatic rings. The predicted molar refractivity (Wildman–Crippen MR) is 86.8 cm³/mol. The summed E-state index contributed by atoms with van der Waals surface area (Å²) in [5, 5.41) is 0. The SMILES string of the molecule is COC(=O)c1ccncc1CCc1ccccc1CN(C)C. The highest BCUT2D eigenvalue weighted by molar-refractivity contribution is 5.90. The Morgan fingerprint density at radius 2 is 1.77 bits per heavy atom. The first-order chi connectivity index (χ1) is 10.6. The van der Waals surface area contributed by atoms with Crippen LogP contribution < -0.4 is 0 Å². The molecule has 2 aromatic rings. The molecule has 1 aromatic heterocycles. The van der Waals surface area contributed by atoms with Gasteiger partial charge in [0.05, 0.1) is 12.7 Å². The fraction of sp³-hybridized carbons (Fsp3) is 0.333. The number of methoxy groups -OCH3 is 1. The average Bonchev–Trinajstić information content (AvgIpc) is 2.53. The first kappa shape index (κ1) is 16.2. The van der Waals surface area contributed by atoms with Crippen molar-refractivity contribution >= 4 is 5.97 Å². The minimum Gasteiger partial charge on any atom is -0.465 e. The summed E-state index contributed by atoms with van der Waals surface area (Å²) in [4.78, 5) is 18.1. The maximum Gasteiger partial charge on any atom is 0.338 e. The van der Waals surface area contributed by atoms with E-state index in [0.29, 0.717) is 5.56 Å². The zero-order valence-electron chi connectivity index (χ0n) is 13.4. The molecule has 22 heavy (non-hydrogen) atoms. The van der Waals surface area contributed by atoms with E-state index in [1.54, 1.807) is 18.5 Å². The average molecular weight is 298 g/mol. The maximum atomic E-state index is 11.8. The van der Waals surface area contributed by atoms with Gasteiger partial charge in [-0.05, 0) is 49.7 Å².